The molecule has 0 spiro atoms. The van der Waals surface area contributed by atoms with E-state index in [1.165, 1.54) is 41.1 Å². The smallest absolute Gasteiger partial charge is 0.0702 e. The summed E-state index contributed by atoms with van der Waals surface area (Å²) in [5, 5.41) is 2.84. The summed E-state index contributed by atoms with van der Waals surface area (Å²) in [4.78, 5) is 6.77. The van der Waals surface area contributed by atoms with Crippen molar-refractivity contribution in [2.45, 2.75) is 32.1 Å². The first-order chi connectivity index (χ1) is 8.36. The Morgan fingerprint density at radius 2 is 1.76 bits per heavy atom. The van der Waals surface area contributed by atoms with E-state index in [9.17, 15) is 0 Å². The van der Waals surface area contributed by atoms with Crippen molar-refractivity contribution in [2.24, 2.45) is 0 Å². The number of rotatable bonds is 0. The number of fused-ring (bicyclic) bond motifs is 6. The van der Waals surface area contributed by atoms with Crippen LogP contribution in [0.2, 0.25) is 0 Å². The average molecular weight is 224 g/mol. The van der Waals surface area contributed by atoms with E-state index in [0.717, 1.165) is 0 Å². The van der Waals surface area contributed by atoms with Crippen molar-refractivity contribution in [1.82, 2.24) is 9.97 Å². The summed E-state index contributed by atoms with van der Waals surface area (Å²) in [6.07, 6.45) is 8.00. The number of aromatic amines is 2. The van der Waals surface area contributed by atoms with E-state index in [1.54, 1.807) is 11.1 Å². The molecule has 2 N–H and O–H groups in total. The van der Waals surface area contributed by atoms with Crippen LogP contribution in [0.4, 0.5) is 0 Å². The third-order valence-electron chi connectivity index (χ3n) is 4.24. The molecular weight excluding hydrogens is 208 g/mol. The van der Waals surface area contributed by atoms with Gasteiger partial charge in [0.1, 0.15) is 0 Å². The molecule has 2 nitrogen and oxygen atoms in total. The second-order valence-electron chi connectivity index (χ2n) is 5.22. The maximum absolute atomic E-state index is 3.39. The molecule has 0 radical (unpaired) electrons. The Morgan fingerprint density at radius 3 is 2.59 bits per heavy atom. The molecular formula is C15H16N2. The zero-order valence-corrected chi connectivity index (χ0v) is 10.0. The van der Waals surface area contributed by atoms with Crippen molar-refractivity contribution in [3.8, 4) is 0 Å². The topological polar surface area (TPSA) is 31.6 Å². The van der Waals surface area contributed by atoms with Gasteiger partial charge in [0.15, 0.2) is 0 Å². The zero-order valence-electron chi connectivity index (χ0n) is 10.0. The predicted octanol–water partition coefficient (Wildman–Crippen LogP) is 4.09. The van der Waals surface area contributed by atoms with Crippen LogP contribution in [0.5, 0.6) is 0 Å². The highest BCUT2D eigenvalue weighted by molar-refractivity contribution is 6.07. The molecule has 2 heterocycles. The van der Waals surface area contributed by atoms with Crippen molar-refractivity contribution >= 4 is 21.8 Å². The second kappa shape index (κ2) is 3.16. The van der Waals surface area contributed by atoms with Crippen molar-refractivity contribution in [2.75, 3.05) is 0 Å². The van der Waals surface area contributed by atoms with E-state index in [4.69, 9.17) is 0 Å². The Morgan fingerprint density at radius 1 is 1.06 bits per heavy atom. The summed E-state index contributed by atoms with van der Waals surface area (Å²) >= 11 is 0. The quantitative estimate of drug-likeness (QED) is 0.576. The van der Waals surface area contributed by atoms with Gasteiger partial charge >= 0.3 is 0 Å². The van der Waals surface area contributed by atoms with Crippen LogP contribution in [0.25, 0.3) is 21.8 Å². The van der Waals surface area contributed by atoms with Gasteiger partial charge in [-0.25, -0.2) is 0 Å². The van der Waals surface area contributed by atoms with Gasteiger partial charge in [0, 0.05) is 23.2 Å². The van der Waals surface area contributed by atoms with Gasteiger partial charge in [-0.1, -0.05) is 6.92 Å². The number of hydrogen-bond donors (Lipinski definition) is 2. The maximum Gasteiger partial charge on any atom is 0.0702 e. The number of hydrogen-bond acceptors (Lipinski definition) is 0. The molecule has 0 saturated carbocycles. The predicted molar refractivity (Wildman–Crippen MR) is 71.5 cm³/mol. The fourth-order valence-electron chi connectivity index (χ4n) is 3.50. The molecule has 0 unspecified atom stereocenters. The summed E-state index contributed by atoms with van der Waals surface area (Å²) < 4.78 is 0. The largest absolute Gasteiger partial charge is 0.359 e. The van der Waals surface area contributed by atoms with E-state index >= 15 is 0 Å². The number of benzene rings is 1. The normalized spacial score (nSPS) is 19.9. The van der Waals surface area contributed by atoms with Gasteiger partial charge in [-0.05, 0) is 48.4 Å². The minimum absolute atomic E-state index is 0.691. The minimum atomic E-state index is 0.691. The van der Waals surface area contributed by atoms with Crippen LogP contribution in [0.15, 0.2) is 24.5 Å². The zero-order chi connectivity index (χ0) is 11.4. The third kappa shape index (κ3) is 1.10. The van der Waals surface area contributed by atoms with Crippen LogP contribution in [0, 0.1) is 0 Å². The summed E-state index contributed by atoms with van der Waals surface area (Å²) in [7, 11) is 0. The molecule has 2 heteroatoms. The standard InChI is InChI=1S/C15H16N2/c1-9-3-2-4-10-11-5-7-16-14(11)15-12(13(9)10)6-8-17-15/h5-9,16-17H,2-4H2,1H3/t9-/m1/s1. The fraction of sp³-hybridized carbons (Fsp3) is 0.333. The molecule has 0 bridgehead atoms. The number of nitrogens with one attached hydrogen (secondary N) is 2. The van der Waals surface area contributed by atoms with Gasteiger partial charge in [-0.2, -0.15) is 0 Å². The van der Waals surface area contributed by atoms with Gasteiger partial charge in [0.2, 0.25) is 0 Å². The highest BCUT2D eigenvalue weighted by atomic mass is 14.7. The average Bonchev–Trinajstić information content (AvgIpc) is 2.97. The minimum Gasteiger partial charge on any atom is -0.359 e. The van der Waals surface area contributed by atoms with Gasteiger partial charge in [0.25, 0.3) is 0 Å². The molecule has 1 aliphatic rings. The van der Waals surface area contributed by atoms with Crippen LogP contribution in [0.1, 0.15) is 36.8 Å². The van der Waals surface area contributed by atoms with E-state index in [1.807, 2.05) is 0 Å². The van der Waals surface area contributed by atoms with Crippen LogP contribution in [0.3, 0.4) is 0 Å². The molecule has 1 atom stereocenters. The Hall–Kier alpha value is -1.70. The van der Waals surface area contributed by atoms with Gasteiger partial charge in [-0.15, -0.1) is 0 Å². The molecule has 0 aliphatic heterocycles. The highest BCUT2D eigenvalue weighted by Gasteiger charge is 2.22. The summed E-state index contributed by atoms with van der Waals surface area (Å²) in [5.41, 5.74) is 5.71. The number of aromatic nitrogens is 2. The van der Waals surface area contributed by atoms with E-state index in [0.29, 0.717) is 5.92 Å². The fourth-order valence-corrected chi connectivity index (χ4v) is 3.50. The Balaban J connectivity index is 2.27. The van der Waals surface area contributed by atoms with E-state index in [-0.39, 0.29) is 0 Å². The van der Waals surface area contributed by atoms with Crippen molar-refractivity contribution in [1.29, 1.82) is 0 Å². The molecule has 0 saturated heterocycles. The molecule has 3 aromatic rings. The van der Waals surface area contributed by atoms with Crippen LogP contribution in [-0.4, -0.2) is 9.97 Å². The number of H-pyrrole nitrogens is 2. The van der Waals surface area contributed by atoms with Crippen LogP contribution >= 0.6 is 0 Å². The monoisotopic (exact) mass is 224 g/mol. The molecule has 86 valence electrons. The van der Waals surface area contributed by atoms with E-state index < -0.39 is 0 Å². The van der Waals surface area contributed by atoms with Crippen molar-refractivity contribution in [3.63, 3.8) is 0 Å². The molecule has 0 fully saturated rings. The summed E-state index contributed by atoms with van der Waals surface area (Å²) in [6.45, 7) is 2.36. The van der Waals surface area contributed by atoms with Gasteiger partial charge < -0.3 is 9.97 Å². The first-order valence-corrected chi connectivity index (χ1v) is 6.45. The summed E-state index contributed by atoms with van der Waals surface area (Å²) in [6, 6.07) is 4.46. The Labute approximate surface area is 100 Å². The summed E-state index contributed by atoms with van der Waals surface area (Å²) in [5.74, 6) is 0.691. The van der Waals surface area contributed by atoms with Crippen LogP contribution < -0.4 is 0 Å². The molecule has 2 aromatic heterocycles. The van der Waals surface area contributed by atoms with Crippen LogP contribution in [-0.2, 0) is 6.42 Å². The first kappa shape index (κ1) is 9.34. The SMILES string of the molecule is C[C@@H]1CCCc2c1c1cc[nH]c1c1[nH]ccc21. The molecule has 1 aromatic carbocycles. The maximum atomic E-state index is 3.39. The molecule has 4 rings (SSSR count). The lowest BCUT2D eigenvalue weighted by molar-refractivity contribution is 0.598. The molecule has 1 aliphatic carbocycles. The van der Waals surface area contributed by atoms with Crippen molar-refractivity contribution in [3.05, 3.63) is 35.7 Å². The molecule has 0 amide bonds. The lowest BCUT2D eigenvalue weighted by Gasteiger charge is -2.24. The van der Waals surface area contributed by atoms with E-state index in [2.05, 4.69) is 41.4 Å². The lowest BCUT2D eigenvalue weighted by atomic mass is 9.80. The lowest BCUT2D eigenvalue weighted by Crippen LogP contribution is -2.07. The third-order valence-corrected chi connectivity index (χ3v) is 4.24. The molecule has 17 heavy (non-hydrogen) atoms. The van der Waals surface area contributed by atoms with Gasteiger partial charge in [0.05, 0.1) is 11.0 Å². The highest BCUT2D eigenvalue weighted by Crippen LogP contribution is 2.41. The number of aryl methyl sites for hydroxylation is 1. The van der Waals surface area contributed by atoms with Crippen molar-refractivity contribution < 1.29 is 0 Å². The van der Waals surface area contributed by atoms with Gasteiger partial charge in [-0.3, -0.25) is 0 Å². The Bertz CT molecular complexity index is 702. The first-order valence-electron chi connectivity index (χ1n) is 6.45. The Kier molecular flexibility index (Phi) is 1.74. The second-order valence-corrected chi connectivity index (χ2v) is 5.22.